The molecule has 0 bridgehead atoms. The summed E-state index contributed by atoms with van der Waals surface area (Å²) in [6.07, 6.45) is 0.475. The van der Waals surface area contributed by atoms with Crippen molar-refractivity contribution in [2.45, 2.75) is 13.3 Å². The summed E-state index contributed by atoms with van der Waals surface area (Å²) in [7, 11) is 1.67. The fraction of sp³-hybridized carbons (Fsp3) is 0.364. The third-order valence-corrected chi connectivity index (χ3v) is 1.98. The topological polar surface area (TPSA) is 55.6 Å². The van der Waals surface area contributed by atoms with E-state index in [1.807, 2.05) is 6.92 Å². The zero-order valence-corrected chi connectivity index (χ0v) is 9.06. The molecule has 2 N–H and O–H groups in total. The summed E-state index contributed by atoms with van der Waals surface area (Å²) in [5.41, 5.74) is 6.99. The minimum atomic E-state index is -0.346. The monoisotopic (exact) mass is 208 g/mol. The first-order valence-electron chi connectivity index (χ1n) is 4.91. The zero-order valence-electron chi connectivity index (χ0n) is 9.06. The lowest BCUT2D eigenvalue weighted by molar-refractivity contribution is 0.155. The molecule has 4 heteroatoms. The number of hydrogen-bond donors (Lipinski definition) is 1. The van der Waals surface area contributed by atoms with Crippen LogP contribution in [0.3, 0.4) is 0 Å². The Morgan fingerprint density at radius 1 is 1.40 bits per heavy atom. The smallest absolute Gasteiger partial charge is 0.414 e. The Labute approximate surface area is 89.6 Å². The van der Waals surface area contributed by atoms with Crippen LogP contribution in [0, 0.1) is 0 Å². The number of carbonyl (C=O) groups is 1. The van der Waals surface area contributed by atoms with Gasteiger partial charge in [-0.1, -0.05) is 6.92 Å². The van der Waals surface area contributed by atoms with Gasteiger partial charge in [-0.25, -0.2) is 4.79 Å². The Morgan fingerprint density at radius 2 is 2.00 bits per heavy atom. The first-order chi connectivity index (χ1) is 7.15. The normalized spacial score (nSPS) is 9.73. The summed E-state index contributed by atoms with van der Waals surface area (Å²) in [6, 6.07) is 7.06. The molecule has 0 spiro atoms. The molecule has 15 heavy (non-hydrogen) atoms. The molecule has 0 unspecified atom stereocenters. The number of amides is 1. The van der Waals surface area contributed by atoms with Crippen molar-refractivity contribution in [3.8, 4) is 0 Å². The first-order valence-corrected chi connectivity index (χ1v) is 4.91. The molecule has 82 valence electrons. The largest absolute Gasteiger partial charge is 0.449 e. The number of carbonyl (C=O) groups excluding carboxylic acids is 1. The molecular weight excluding hydrogens is 192 g/mol. The molecular formula is C11H16N2O2. The van der Waals surface area contributed by atoms with Crippen molar-refractivity contribution < 1.29 is 9.53 Å². The Balaban J connectivity index is 2.63. The summed E-state index contributed by atoms with van der Waals surface area (Å²) in [5, 5.41) is 0. The molecule has 0 heterocycles. The second-order valence-corrected chi connectivity index (χ2v) is 3.26. The van der Waals surface area contributed by atoms with Crippen molar-refractivity contribution in [3.63, 3.8) is 0 Å². The van der Waals surface area contributed by atoms with E-state index in [4.69, 9.17) is 10.5 Å². The average molecular weight is 208 g/mol. The lowest BCUT2D eigenvalue weighted by Gasteiger charge is -2.16. The number of nitrogens with two attached hydrogens (primary N) is 1. The van der Waals surface area contributed by atoms with Crippen LogP contribution in [0.15, 0.2) is 24.3 Å². The standard InChI is InChI=1S/C11H16N2O2/c1-3-8-15-11(14)13(2)10-6-4-9(12)5-7-10/h4-7H,3,8,12H2,1-2H3. The molecule has 0 atom stereocenters. The number of anilines is 2. The Bertz CT molecular complexity index is 322. The molecule has 0 radical (unpaired) electrons. The van der Waals surface area contributed by atoms with Crippen molar-refractivity contribution in [1.82, 2.24) is 0 Å². The Kier molecular flexibility index (Phi) is 3.97. The minimum Gasteiger partial charge on any atom is -0.449 e. The SMILES string of the molecule is CCCOC(=O)N(C)c1ccc(N)cc1. The van der Waals surface area contributed by atoms with Gasteiger partial charge < -0.3 is 10.5 Å². The van der Waals surface area contributed by atoms with Gasteiger partial charge in [0.1, 0.15) is 0 Å². The highest BCUT2D eigenvalue weighted by Crippen LogP contribution is 2.15. The number of benzene rings is 1. The molecule has 1 amide bonds. The second kappa shape index (κ2) is 5.24. The maximum Gasteiger partial charge on any atom is 0.414 e. The van der Waals surface area contributed by atoms with Crippen LogP contribution in [0.4, 0.5) is 16.2 Å². The molecule has 0 saturated carbocycles. The summed E-state index contributed by atoms with van der Waals surface area (Å²) in [6.45, 7) is 2.40. The molecule has 0 aliphatic carbocycles. The Morgan fingerprint density at radius 3 is 2.53 bits per heavy atom. The van der Waals surface area contributed by atoms with Crippen molar-refractivity contribution >= 4 is 17.5 Å². The first kappa shape index (κ1) is 11.4. The quantitative estimate of drug-likeness (QED) is 0.775. The van der Waals surface area contributed by atoms with Gasteiger partial charge >= 0.3 is 6.09 Å². The molecule has 0 aliphatic rings. The van der Waals surface area contributed by atoms with Gasteiger partial charge in [-0.3, -0.25) is 4.90 Å². The van der Waals surface area contributed by atoms with Gasteiger partial charge in [0.15, 0.2) is 0 Å². The highest BCUT2D eigenvalue weighted by Gasteiger charge is 2.10. The highest BCUT2D eigenvalue weighted by molar-refractivity contribution is 5.87. The van der Waals surface area contributed by atoms with E-state index in [2.05, 4.69) is 0 Å². The number of hydrogen-bond acceptors (Lipinski definition) is 3. The minimum absolute atomic E-state index is 0.346. The average Bonchev–Trinajstić information content (AvgIpc) is 2.26. The highest BCUT2D eigenvalue weighted by atomic mass is 16.6. The summed E-state index contributed by atoms with van der Waals surface area (Å²) in [5.74, 6) is 0. The van der Waals surface area contributed by atoms with Crippen molar-refractivity contribution in [3.05, 3.63) is 24.3 Å². The summed E-state index contributed by atoms with van der Waals surface area (Å²) < 4.78 is 4.99. The van der Waals surface area contributed by atoms with Crippen LogP contribution >= 0.6 is 0 Å². The van der Waals surface area contributed by atoms with Gasteiger partial charge in [-0.2, -0.15) is 0 Å². The fourth-order valence-corrected chi connectivity index (χ4v) is 1.09. The molecule has 0 saturated heterocycles. The van der Waals surface area contributed by atoms with Crippen LogP contribution in [-0.2, 0) is 4.74 Å². The summed E-state index contributed by atoms with van der Waals surface area (Å²) >= 11 is 0. The van der Waals surface area contributed by atoms with Crippen LogP contribution in [-0.4, -0.2) is 19.7 Å². The van der Waals surface area contributed by atoms with E-state index >= 15 is 0 Å². The lowest BCUT2D eigenvalue weighted by Crippen LogP contribution is -2.27. The third-order valence-electron chi connectivity index (χ3n) is 1.98. The van der Waals surface area contributed by atoms with E-state index in [0.717, 1.165) is 12.1 Å². The van der Waals surface area contributed by atoms with Crippen LogP contribution in [0.1, 0.15) is 13.3 Å². The van der Waals surface area contributed by atoms with Gasteiger partial charge in [0.25, 0.3) is 0 Å². The van der Waals surface area contributed by atoms with Crippen molar-refractivity contribution in [2.75, 3.05) is 24.3 Å². The lowest BCUT2D eigenvalue weighted by atomic mass is 10.3. The number of nitrogen functional groups attached to an aromatic ring is 1. The van der Waals surface area contributed by atoms with Gasteiger partial charge in [-0.05, 0) is 30.7 Å². The summed E-state index contributed by atoms with van der Waals surface area (Å²) in [4.78, 5) is 12.9. The third kappa shape index (κ3) is 3.16. The fourth-order valence-electron chi connectivity index (χ4n) is 1.09. The van der Waals surface area contributed by atoms with Crippen molar-refractivity contribution in [1.29, 1.82) is 0 Å². The van der Waals surface area contributed by atoms with E-state index in [1.54, 1.807) is 31.3 Å². The molecule has 0 aromatic heterocycles. The van der Waals surface area contributed by atoms with E-state index in [-0.39, 0.29) is 6.09 Å². The predicted molar refractivity (Wildman–Crippen MR) is 60.9 cm³/mol. The number of rotatable bonds is 3. The molecule has 1 aromatic rings. The molecule has 1 aromatic carbocycles. The number of nitrogens with zero attached hydrogens (tertiary/aromatic N) is 1. The van der Waals surface area contributed by atoms with E-state index < -0.39 is 0 Å². The van der Waals surface area contributed by atoms with Gasteiger partial charge in [-0.15, -0.1) is 0 Å². The van der Waals surface area contributed by atoms with Crippen molar-refractivity contribution in [2.24, 2.45) is 0 Å². The van der Waals surface area contributed by atoms with E-state index in [0.29, 0.717) is 12.3 Å². The molecule has 0 fully saturated rings. The maximum absolute atomic E-state index is 11.5. The van der Waals surface area contributed by atoms with Gasteiger partial charge in [0.2, 0.25) is 0 Å². The Hall–Kier alpha value is -1.71. The molecule has 1 rings (SSSR count). The predicted octanol–water partition coefficient (Wildman–Crippen LogP) is 2.25. The van der Waals surface area contributed by atoms with E-state index in [9.17, 15) is 4.79 Å². The molecule has 4 nitrogen and oxygen atoms in total. The second-order valence-electron chi connectivity index (χ2n) is 3.26. The van der Waals surface area contributed by atoms with Crippen LogP contribution in [0.5, 0.6) is 0 Å². The van der Waals surface area contributed by atoms with Crippen LogP contribution < -0.4 is 10.6 Å². The van der Waals surface area contributed by atoms with E-state index in [1.165, 1.54) is 4.90 Å². The zero-order chi connectivity index (χ0) is 11.3. The maximum atomic E-state index is 11.5. The molecule has 0 aliphatic heterocycles. The van der Waals surface area contributed by atoms with Crippen LogP contribution in [0.25, 0.3) is 0 Å². The van der Waals surface area contributed by atoms with Gasteiger partial charge in [0, 0.05) is 18.4 Å². The van der Waals surface area contributed by atoms with Crippen LogP contribution in [0.2, 0.25) is 0 Å². The number of ether oxygens (including phenoxy) is 1. The van der Waals surface area contributed by atoms with Gasteiger partial charge in [0.05, 0.1) is 6.61 Å².